The number of rotatable bonds is 7. The van der Waals surface area contributed by atoms with Gasteiger partial charge in [0.05, 0.1) is 0 Å². The molecule has 0 saturated carbocycles. The molecule has 0 atom stereocenters. The molecule has 0 radical (unpaired) electrons. The SMILES string of the molecule is c1ccc2c(-c3c(C[n+]4ccc(-c5ccncc5)cc4)ccc4ccccc34)c(C[n+]3ccc(-c4ccncc4)cc3)ccc2c1. The van der Waals surface area contributed by atoms with Crippen LogP contribution in [0.3, 0.4) is 0 Å². The summed E-state index contributed by atoms with van der Waals surface area (Å²) in [6.07, 6.45) is 16.1. The summed E-state index contributed by atoms with van der Waals surface area (Å²) in [7, 11) is 0. The maximum Gasteiger partial charge on any atom is 0.174 e. The van der Waals surface area contributed by atoms with E-state index in [1.807, 2.05) is 49.1 Å². The summed E-state index contributed by atoms with van der Waals surface area (Å²) in [5.41, 5.74) is 9.86. The van der Waals surface area contributed by atoms with E-state index in [9.17, 15) is 0 Å². The highest BCUT2D eigenvalue weighted by Crippen LogP contribution is 2.39. The molecule has 218 valence electrons. The van der Waals surface area contributed by atoms with Crippen molar-refractivity contribution in [2.75, 3.05) is 0 Å². The maximum absolute atomic E-state index is 4.17. The number of benzene rings is 4. The monoisotopic (exact) mass is 592 g/mol. The number of hydrogen-bond donors (Lipinski definition) is 0. The number of hydrogen-bond acceptors (Lipinski definition) is 2. The van der Waals surface area contributed by atoms with Gasteiger partial charge >= 0.3 is 0 Å². The molecule has 0 unspecified atom stereocenters. The van der Waals surface area contributed by atoms with Crippen LogP contribution in [-0.4, -0.2) is 9.97 Å². The van der Waals surface area contributed by atoms with Gasteiger partial charge in [0, 0.05) is 71.3 Å². The molecular formula is C42H32N4+2. The summed E-state index contributed by atoms with van der Waals surface area (Å²) in [4.78, 5) is 8.34. The standard InChI is InChI=1S/C42H32N4/c1-3-7-39-35(5-1)9-11-37(29-45-25-17-33(18-26-45)31-13-21-43-22-14-31)41(39)42-38(12-10-36-6-2-4-8-40(36)42)30-46-27-19-34(20-28-46)32-15-23-44-24-16-32/h1-28H,29-30H2/q+2. The van der Waals surface area contributed by atoms with Crippen molar-refractivity contribution in [2.24, 2.45) is 0 Å². The Hall–Kier alpha value is -6.00. The third-order valence-corrected chi connectivity index (χ3v) is 8.80. The lowest BCUT2D eigenvalue weighted by Crippen LogP contribution is -2.34. The minimum atomic E-state index is 0.757. The van der Waals surface area contributed by atoms with Crippen molar-refractivity contribution >= 4 is 21.5 Å². The van der Waals surface area contributed by atoms with Crippen molar-refractivity contribution in [2.45, 2.75) is 13.1 Å². The van der Waals surface area contributed by atoms with E-state index in [1.165, 1.54) is 66.1 Å². The molecule has 0 aliphatic heterocycles. The van der Waals surface area contributed by atoms with Crippen LogP contribution >= 0.6 is 0 Å². The Kier molecular flexibility index (Phi) is 7.29. The van der Waals surface area contributed by atoms with Gasteiger partial charge in [-0.25, -0.2) is 9.13 Å². The second-order valence-corrected chi connectivity index (χ2v) is 11.6. The molecule has 0 aliphatic rings. The third-order valence-electron chi connectivity index (χ3n) is 8.80. The molecule has 46 heavy (non-hydrogen) atoms. The predicted octanol–water partition coefficient (Wildman–Crippen LogP) is 8.46. The lowest BCUT2D eigenvalue weighted by Gasteiger charge is -2.17. The lowest BCUT2D eigenvalue weighted by atomic mass is 9.87. The van der Waals surface area contributed by atoms with E-state index in [1.54, 1.807) is 0 Å². The van der Waals surface area contributed by atoms with Crippen molar-refractivity contribution in [1.82, 2.24) is 9.97 Å². The molecule has 4 heterocycles. The Balaban J connectivity index is 1.25. The highest BCUT2D eigenvalue weighted by atomic mass is 14.9. The van der Waals surface area contributed by atoms with Crippen molar-refractivity contribution < 1.29 is 9.13 Å². The Morgan fingerprint density at radius 3 is 1.15 bits per heavy atom. The van der Waals surface area contributed by atoms with Crippen LogP contribution in [0.1, 0.15) is 11.1 Å². The summed E-state index contributed by atoms with van der Waals surface area (Å²) in [6.45, 7) is 1.51. The van der Waals surface area contributed by atoms with Crippen molar-refractivity contribution in [3.63, 3.8) is 0 Å². The van der Waals surface area contributed by atoms with Crippen LogP contribution in [0.5, 0.6) is 0 Å². The predicted molar refractivity (Wildman–Crippen MR) is 185 cm³/mol. The molecular weight excluding hydrogens is 560 g/mol. The summed E-state index contributed by atoms with van der Waals surface area (Å²) in [5.74, 6) is 0. The zero-order valence-electron chi connectivity index (χ0n) is 25.4. The van der Waals surface area contributed by atoms with E-state index >= 15 is 0 Å². The molecule has 4 aromatic heterocycles. The van der Waals surface area contributed by atoms with Crippen LogP contribution in [0.15, 0.2) is 171 Å². The molecule has 0 bridgehead atoms. The molecule has 0 N–H and O–H groups in total. The van der Waals surface area contributed by atoms with Gasteiger partial charge in [0.2, 0.25) is 0 Å². The summed E-state index contributed by atoms with van der Waals surface area (Å²) in [5, 5.41) is 5.02. The first-order chi connectivity index (χ1) is 22.8. The number of nitrogens with zero attached hydrogens (tertiary/aromatic N) is 4. The number of aromatic nitrogens is 4. The Bertz CT molecular complexity index is 2110. The van der Waals surface area contributed by atoms with Crippen LogP contribution in [0.25, 0.3) is 54.9 Å². The first kappa shape index (κ1) is 27.5. The van der Waals surface area contributed by atoms with Gasteiger partial charge in [-0.1, -0.05) is 72.8 Å². The zero-order chi connectivity index (χ0) is 30.7. The largest absolute Gasteiger partial charge is 0.265 e. The van der Waals surface area contributed by atoms with Gasteiger partial charge in [-0.05, 0) is 68.1 Å². The topological polar surface area (TPSA) is 33.5 Å². The van der Waals surface area contributed by atoms with E-state index in [0.717, 1.165) is 13.1 Å². The molecule has 0 fully saturated rings. The highest BCUT2D eigenvalue weighted by molar-refractivity contribution is 6.07. The molecule has 4 aromatic carbocycles. The van der Waals surface area contributed by atoms with Crippen LogP contribution in [0, 0.1) is 0 Å². The number of fused-ring (bicyclic) bond motifs is 2. The quantitative estimate of drug-likeness (QED) is 0.174. The van der Waals surface area contributed by atoms with Crippen LogP contribution in [-0.2, 0) is 13.1 Å². The smallest absolute Gasteiger partial charge is 0.174 e. The molecule has 0 spiro atoms. The first-order valence-corrected chi connectivity index (χ1v) is 15.6. The summed E-state index contributed by atoms with van der Waals surface area (Å²) >= 11 is 0. The van der Waals surface area contributed by atoms with Gasteiger partial charge in [-0.15, -0.1) is 0 Å². The minimum absolute atomic E-state index is 0.757. The van der Waals surface area contributed by atoms with E-state index in [4.69, 9.17) is 0 Å². The van der Waals surface area contributed by atoms with E-state index in [0.29, 0.717) is 0 Å². The van der Waals surface area contributed by atoms with Crippen LogP contribution < -0.4 is 9.13 Å². The fourth-order valence-electron chi connectivity index (χ4n) is 6.48. The van der Waals surface area contributed by atoms with Crippen LogP contribution in [0.2, 0.25) is 0 Å². The molecule has 0 amide bonds. The van der Waals surface area contributed by atoms with Gasteiger partial charge in [-0.3, -0.25) is 9.97 Å². The number of pyridine rings is 4. The van der Waals surface area contributed by atoms with Crippen molar-refractivity contribution in [3.8, 4) is 33.4 Å². The van der Waals surface area contributed by atoms with E-state index < -0.39 is 0 Å². The highest BCUT2D eigenvalue weighted by Gasteiger charge is 2.21. The van der Waals surface area contributed by atoms with E-state index in [2.05, 4.69) is 141 Å². The normalized spacial score (nSPS) is 11.2. The molecule has 8 aromatic rings. The van der Waals surface area contributed by atoms with Gasteiger partial charge in [0.25, 0.3) is 0 Å². The Morgan fingerprint density at radius 1 is 0.370 bits per heavy atom. The van der Waals surface area contributed by atoms with Gasteiger partial charge in [0.15, 0.2) is 37.9 Å². The second-order valence-electron chi connectivity index (χ2n) is 11.6. The third kappa shape index (κ3) is 5.42. The molecule has 8 rings (SSSR count). The molecule has 0 saturated heterocycles. The van der Waals surface area contributed by atoms with Gasteiger partial charge in [-0.2, -0.15) is 0 Å². The average Bonchev–Trinajstić information content (AvgIpc) is 3.13. The average molecular weight is 593 g/mol. The molecule has 4 nitrogen and oxygen atoms in total. The summed E-state index contributed by atoms with van der Waals surface area (Å²) < 4.78 is 4.55. The Labute approximate surface area is 268 Å². The summed E-state index contributed by atoms with van der Waals surface area (Å²) in [6, 6.07) is 43.6. The van der Waals surface area contributed by atoms with Gasteiger partial charge < -0.3 is 0 Å². The fraction of sp³-hybridized carbons (Fsp3) is 0.0476. The van der Waals surface area contributed by atoms with Crippen molar-refractivity contribution in [3.05, 3.63) is 182 Å². The zero-order valence-corrected chi connectivity index (χ0v) is 25.4. The van der Waals surface area contributed by atoms with Crippen LogP contribution in [0.4, 0.5) is 0 Å². The lowest BCUT2D eigenvalue weighted by molar-refractivity contribution is -0.688. The first-order valence-electron chi connectivity index (χ1n) is 15.6. The van der Waals surface area contributed by atoms with Gasteiger partial charge in [0.1, 0.15) is 0 Å². The second kappa shape index (κ2) is 12.2. The van der Waals surface area contributed by atoms with E-state index in [-0.39, 0.29) is 0 Å². The molecule has 0 aliphatic carbocycles. The maximum atomic E-state index is 4.17. The molecule has 4 heteroatoms. The van der Waals surface area contributed by atoms with Crippen molar-refractivity contribution in [1.29, 1.82) is 0 Å². The minimum Gasteiger partial charge on any atom is -0.265 e. The Morgan fingerprint density at radius 2 is 0.739 bits per heavy atom. The fourth-order valence-corrected chi connectivity index (χ4v) is 6.48.